The summed E-state index contributed by atoms with van der Waals surface area (Å²) in [6, 6.07) is 54.0. The Morgan fingerprint density at radius 1 is 0.489 bits per heavy atom. The van der Waals surface area contributed by atoms with Crippen molar-refractivity contribution in [3.63, 3.8) is 0 Å². The quantitative estimate of drug-likeness (QED) is 0.200. The number of hydrogen-bond donors (Lipinski definition) is 0. The van der Waals surface area contributed by atoms with E-state index in [1.165, 1.54) is 38.9 Å². The van der Waals surface area contributed by atoms with E-state index in [0.29, 0.717) is 6.67 Å². The van der Waals surface area contributed by atoms with E-state index in [4.69, 9.17) is 9.98 Å². The molecule has 6 aromatic rings. The van der Waals surface area contributed by atoms with Crippen LogP contribution in [-0.4, -0.2) is 18.3 Å². The van der Waals surface area contributed by atoms with Gasteiger partial charge in [-0.15, -0.1) is 0 Å². The Bertz CT molecular complexity index is 2110. The summed E-state index contributed by atoms with van der Waals surface area (Å²) in [5.74, 6) is 1.66. The van der Waals surface area contributed by atoms with Crippen LogP contribution in [0.25, 0.3) is 33.4 Å². The first kappa shape index (κ1) is 27.0. The molecule has 0 unspecified atom stereocenters. The molecule has 0 atom stereocenters. The second kappa shape index (κ2) is 10.9. The Kier molecular flexibility index (Phi) is 6.53. The van der Waals surface area contributed by atoms with Crippen LogP contribution in [0.5, 0.6) is 0 Å². The Hall–Kier alpha value is -5.54. The fourth-order valence-electron chi connectivity index (χ4n) is 6.77. The highest BCUT2D eigenvalue weighted by atomic mass is 15.3. The van der Waals surface area contributed by atoms with Crippen LogP contribution in [0.15, 0.2) is 162 Å². The molecule has 0 N–H and O–H groups in total. The zero-order valence-corrected chi connectivity index (χ0v) is 25.5. The molecule has 1 heterocycles. The number of fused-ring (bicyclic) bond motifs is 3. The van der Waals surface area contributed by atoms with Crippen LogP contribution in [0.4, 0.5) is 5.69 Å². The van der Waals surface area contributed by atoms with Crippen molar-refractivity contribution in [3.8, 4) is 33.4 Å². The largest absolute Gasteiger partial charge is 0.306 e. The molecule has 216 valence electrons. The monoisotopic (exact) mass is 579 g/mol. The Morgan fingerprint density at radius 3 is 1.82 bits per heavy atom. The molecule has 45 heavy (non-hydrogen) atoms. The van der Waals surface area contributed by atoms with Crippen LogP contribution in [0, 0.1) is 0 Å². The molecular weight excluding hydrogens is 546 g/mol. The molecule has 6 aromatic carbocycles. The third kappa shape index (κ3) is 4.78. The van der Waals surface area contributed by atoms with Gasteiger partial charge >= 0.3 is 0 Å². The number of rotatable bonds is 5. The van der Waals surface area contributed by atoms with Crippen LogP contribution in [0.3, 0.4) is 0 Å². The van der Waals surface area contributed by atoms with Gasteiger partial charge in [0.15, 0.2) is 5.84 Å². The lowest BCUT2D eigenvalue weighted by Crippen LogP contribution is -2.36. The number of anilines is 1. The van der Waals surface area contributed by atoms with E-state index in [1.807, 2.05) is 24.3 Å². The molecule has 0 aromatic heterocycles. The lowest BCUT2D eigenvalue weighted by atomic mass is 9.81. The van der Waals surface area contributed by atoms with Gasteiger partial charge in [0.05, 0.1) is 0 Å². The van der Waals surface area contributed by atoms with E-state index >= 15 is 0 Å². The minimum atomic E-state index is -0.0246. The lowest BCUT2D eigenvalue weighted by Gasteiger charge is -2.28. The smallest absolute Gasteiger partial charge is 0.158 e. The molecule has 0 amide bonds. The molecule has 3 heteroatoms. The van der Waals surface area contributed by atoms with Crippen LogP contribution in [0.2, 0.25) is 0 Å². The van der Waals surface area contributed by atoms with Crippen molar-refractivity contribution >= 4 is 17.4 Å². The van der Waals surface area contributed by atoms with E-state index in [1.54, 1.807) is 0 Å². The summed E-state index contributed by atoms with van der Waals surface area (Å²) in [7, 11) is 0. The first-order valence-corrected chi connectivity index (χ1v) is 15.5. The Balaban J connectivity index is 1.14. The maximum atomic E-state index is 5.08. The van der Waals surface area contributed by atoms with Crippen LogP contribution in [0.1, 0.15) is 36.1 Å². The first-order chi connectivity index (χ1) is 22.1. The van der Waals surface area contributed by atoms with Crippen LogP contribution < -0.4 is 4.90 Å². The molecule has 0 saturated carbocycles. The van der Waals surface area contributed by atoms with Crippen molar-refractivity contribution in [2.75, 3.05) is 11.6 Å². The molecule has 2 aliphatic rings. The molecule has 1 aliphatic heterocycles. The first-order valence-electron chi connectivity index (χ1n) is 15.5. The van der Waals surface area contributed by atoms with E-state index < -0.39 is 0 Å². The molecular formula is C42H33N3. The van der Waals surface area contributed by atoms with Gasteiger partial charge in [-0.05, 0) is 68.8 Å². The fourth-order valence-corrected chi connectivity index (χ4v) is 6.77. The van der Waals surface area contributed by atoms with Gasteiger partial charge < -0.3 is 4.90 Å². The molecule has 0 spiro atoms. The maximum absolute atomic E-state index is 5.08. The molecule has 8 rings (SSSR count). The maximum Gasteiger partial charge on any atom is 0.158 e. The van der Waals surface area contributed by atoms with Gasteiger partial charge in [0.2, 0.25) is 0 Å². The second-order valence-electron chi connectivity index (χ2n) is 12.3. The highest BCUT2D eigenvalue weighted by Gasteiger charge is 2.35. The van der Waals surface area contributed by atoms with Gasteiger partial charge in [-0.1, -0.05) is 141 Å². The van der Waals surface area contributed by atoms with Gasteiger partial charge in [-0.2, -0.15) is 0 Å². The predicted octanol–water partition coefficient (Wildman–Crippen LogP) is 10.00. The topological polar surface area (TPSA) is 28.0 Å². The SMILES string of the molecule is CC1(C)c2ccccc2-c2ccc(-c3cccc(-c4cccc(N5CN=C(c6ccccc6)N=C5c5ccccc5)c4)c3)cc21. The number of hydrogen-bond acceptors (Lipinski definition) is 3. The van der Waals surface area contributed by atoms with Gasteiger partial charge in [-0.25, -0.2) is 9.98 Å². The number of amidine groups is 2. The van der Waals surface area contributed by atoms with Crippen molar-refractivity contribution in [1.82, 2.24) is 0 Å². The van der Waals surface area contributed by atoms with Crippen molar-refractivity contribution < 1.29 is 0 Å². The predicted molar refractivity (Wildman–Crippen MR) is 188 cm³/mol. The van der Waals surface area contributed by atoms with E-state index in [2.05, 4.69) is 146 Å². The molecule has 1 aliphatic carbocycles. The summed E-state index contributed by atoms with van der Waals surface area (Å²) in [5, 5.41) is 0. The summed E-state index contributed by atoms with van der Waals surface area (Å²) >= 11 is 0. The van der Waals surface area contributed by atoms with Crippen molar-refractivity contribution in [2.24, 2.45) is 9.98 Å². The zero-order valence-electron chi connectivity index (χ0n) is 25.5. The average Bonchev–Trinajstić information content (AvgIpc) is 3.34. The second-order valence-corrected chi connectivity index (χ2v) is 12.3. The highest BCUT2D eigenvalue weighted by Crippen LogP contribution is 2.49. The van der Waals surface area contributed by atoms with E-state index in [-0.39, 0.29) is 5.41 Å². The van der Waals surface area contributed by atoms with Crippen molar-refractivity contribution in [1.29, 1.82) is 0 Å². The third-order valence-electron chi connectivity index (χ3n) is 9.16. The summed E-state index contributed by atoms with van der Waals surface area (Å²) < 4.78 is 0. The number of aliphatic imine (C=N–C) groups is 2. The molecule has 0 fully saturated rings. The number of benzene rings is 6. The average molecular weight is 580 g/mol. The van der Waals surface area contributed by atoms with E-state index in [9.17, 15) is 0 Å². The van der Waals surface area contributed by atoms with Crippen LogP contribution >= 0.6 is 0 Å². The zero-order chi connectivity index (χ0) is 30.4. The summed E-state index contributed by atoms with van der Waals surface area (Å²) in [6.07, 6.45) is 0. The lowest BCUT2D eigenvalue weighted by molar-refractivity contribution is 0.660. The minimum absolute atomic E-state index is 0.0246. The normalized spacial score (nSPS) is 14.8. The van der Waals surface area contributed by atoms with Crippen LogP contribution in [-0.2, 0) is 5.41 Å². The molecule has 0 bridgehead atoms. The number of nitrogens with zero attached hydrogens (tertiary/aromatic N) is 3. The minimum Gasteiger partial charge on any atom is -0.306 e. The Labute approximate surface area is 264 Å². The molecule has 0 radical (unpaired) electrons. The summed E-state index contributed by atoms with van der Waals surface area (Å²) in [4.78, 5) is 12.2. The standard InChI is InChI=1S/C42H33N3/c1-42(2)38-22-10-9-21-36(38)37-24-23-34(27-39(37)42)32-18-11-17-31(25-32)33-19-12-20-35(26-33)45-28-43-40(29-13-5-3-6-14-29)44-41(45)30-15-7-4-8-16-30/h3-27H,28H2,1-2H3. The van der Waals surface area contributed by atoms with Gasteiger partial charge in [0.1, 0.15) is 12.5 Å². The summed E-state index contributed by atoms with van der Waals surface area (Å²) in [5.41, 5.74) is 13.4. The van der Waals surface area contributed by atoms with Gasteiger partial charge in [-0.3, -0.25) is 0 Å². The Morgan fingerprint density at radius 2 is 1.07 bits per heavy atom. The fraction of sp³-hybridized carbons (Fsp3) is 0.0952. The molecule has 0 saturated heterocycles. The van der Waals surface area contributed by atoms with E-state index in [0.717, 1.165) is 34.0 Å². The highest BCUT2D eigenvalue weighted by molar-refractivity contribution is 6.19. The van der Waals surface area contributed by atoms with Crippen molar-refractivity contribution in [3.05, 3.63) is 174 Å². The third-order valence-corrected chi connectivity index (χ3v) is 9.16. The summed E-state index contributed by atoms with van der Waals surface area (Å²) in [6.45, 7) is 5.17. The van der Waals surface area contributed by atoms with Crippen molar-refractivity contribution in [2.45, 2.75) is 19.3 Å². The van der Waals surface area contributed by atoms with Gasteiger partial charge in [0.25, 0.3) is 0 Å². The van der Waals surface area contributed by atoms with Gasteiger partial charge in [0, 0.05) is 22.2 Å². The molecule has 3 nitrogen and oxygen atoms in total.